The van der Waals surface area contributed by atoms with Gasteiger partial charge in [-0.2, -0.15) is 4.98 Å². The van der Waals surface area contributed by atoms with Crippen LogP contribution in [0, 0.1) is 0 Å². The molecule has 0 unspecified atom stereocenters. The monoisotopic (exact) mass is 246 g/mol. The zero-order chi connectivity index (χ0) is 12.8. The Hall–Kier alpha value is -1.84. The molecule has 0 fully saturated rings. The van der Waals surface area contributed by atoms with Crippen LogP contribution >= 0.6 is 0 Å². The maximum atomic E-state index is 5.72. The normalized spacial score (nSPS) is 10.6. The second-order valence-electron chi connectivity index (χ2n) is 4.10. The number of hydrogen-bond donors (Lipinski definition) is 0. The van der Waals surface area contributed by atoms with Gasteiger partial charge in [-0.25, -0.2) is 0 Å². The van der Waals surface area contributed by atoms with Crippen molar-refractivity contribution in [1.29, 1.82) is 0 Å². The van der Waals surface area contributed by atoms with Gasteiger partial charge >= 0.3 is 0 Å². The molecule has 1 aromatic carbocycles. The number of aryl methyl sites for hydroxylation is 2. The summed E-state index contributed by atoms with van der Waals surface area (Å²) in [5, 5.41) is 3.89. The van der Waals surface area contributed by atoms with Crippen LogP contribution < -0.4 is 4.74 Å². The number of aromatic nitrogens is 2. The van der Waals surface area contributed by atoms with Gasteiger partial charge in [0.2, 0.25) is 11.7 Å². The molecule has 4 nitrogen and oxygen atoms in total. The first kappa shape index (κ1) is 12.6. The van der Waals surface area contributed by atoms with E-state index in [2.05, 4.69) is 30.1 Å². The van der Waals surface area contributed by atoms with Crippen LogP contribution in [-0.2, 0) is 19.4 Å². The lowest BCUT2D eigenvalue weighted by Crippen LogP contribution is -2.00. The van der Waals surface area contributed by atoms with Crippen molar-refractivity contribution < 1.29 is 9.26 Å². The van der Waals surface area contributed by atoms with E-state index < -0.39 is 0 Å². The van der Waals surface area contributed by atoms with Gasteiger partial charge in [0, 0.05) is 6.42 Å². The lowest BCUT2D eigenvalue weighted by molar-refractivity contribution is 0.282. The van der Waals surface area contributed by atoms with Crippen molar-refractivity contribution in [3.8, 4) is 5.75 Å². The van der Waals surface area contributed by atoms with E-state index in [0.29, 0.717) is 18.3 Å². The Labute approximate surface area is 107 Å². The molecule has 2 rings (SSSR count). The van der Waals surface area contributed by atoms with Gasteiger partial charge < -0.3 is 9.26 Å². The maximum Gasteiger partial charge on any atom is 0.226 e. The van der Waals surface area contributed by atoms with Crippen molar-refractivity contribution in [3.05, 3.63) is 41.5 Å². The third kappa shape index (κ3) is 3.09. The first-order valence-corrected chi connectivity index (χ1v) is 6.35. The van der Waals surface area contributed by atoms with E-state index >= 15 is 0 Å². The summed E-state index contributed by atoms with van der Waals surface area (Å²) >= 11 is 0. The fourth-order valence-corrected chi connectivity index (χ4v) is 1.74. The van der Waals surface area contributed by atoms with E-state index in [-0.39, 0.29) is 0 Å². The molecule has 1 heterocycles. The van der Waals surface area contributed by atoms with Crippen LogP contribution in [0.3, 0.4) is 0 Å². The number of hydrogen-bond acceptors (Lipinski definition) is 4. The Morgan fingerprint density at radius 3 is 2.83 bits per heavy atom. The molecular formula is C14H18N2O2. The van der Waals surface area contributed by atoms with Crippen LogP contribution in [0.4, 0.5) is 0 Å². The summed E-state index contributed by atoms with van der Waals surface area (Å²) in [6.45, 7) is 4.54. The topological polar surface area (TPSA) is 48.2 Å². The summed E-state index contributed by atoms with van der Waals surface area (Å²) in [6.07, 6.45) is 2.77. The van der Waals surface area contributed by atoms with Crippen molar-refractivity contribution in [2.75, 3.05) is 0 Å². The molecule has 96 valence electrons. The molecule has 4 heteroatoms. The smallest absolute Gasteiger partial charge is 0.226 e. The van der Waals surface area contributed by atoms with Gasteiger partial charge in [0.05, 0.1) is 0 Å². The Morgan fingerprint density at radius 1 is 1.22 bits per heavy atom. The number of rotatable bonds is 6. The second kappa shape index (κ2) is 6.19. The number of ether oxygens (including phenoxy) is 1. The highest BCUT2D eigenvalue weighted by Gasteiger charge is 2.07. The summed E-state index contributed by atoms with van der Waals surface area (Å²) in [4.78, 5) is 4.27. The van der Waals surface area contributed by atoms with Crippen molar-refractivity contribution >= 4 is 0 Å². The Morgan fingerprint density at radius 2 is 2.06 bits per heavy atom. The summed E-state index contributed by atoms with van der Waals surface area (Å²) in [5.41, 5.74) is 1.19. The first-order chi connectivity index (χ1) is 8.83. The zero-order valence-corrected chi connectivity index (χ0v) is 10.8. The van der Waals surface area contributed by atoms with Crippen molar-refractivity contribution in [3.63, 3.8) is 0 Å². The average Bonchev–Trinajstić information content (AvgIpc) is 2.85. The van der Waals surface area contributed by atoms with Gasteiger partial charge in [-0.1, -0.05) is 37.2 Å². The van der Waals surface area contributed by atoms with Gasteiger partial charge in [0.15, 0.2) is 6.61 Å². The SMILES string of the molecule is CCCc1nc(COc2ccccc2CC)no1. The Bertz CT molecular complexity index is 494. The van der Waals surface area contributed by atoms with E-state index in [9.17, 15) is 0 Å². The maximum absolute atomic E-state index is 5.72. The van der Waals surface area contributed by atoms with E-state index in [1.165, 1.54) is 5.56 Å². The van der Waals surface area contributed by atoms with E-state index in [4.69, 9.17) is 9.26 Å². The molecule has 0 N–H and O–H groups in total. The largest absolute Gasteiger partial charge is 0.485 e. The van der Waals surface area contributed by atoms with Gasteiger partial charge in [-0.3, -0.25) is 0 Å². The van der Waals surface area contributed by atoms with Crippen LogP contribution in [0.2, 0.25) is 0 Å². The summed E-state index contributed by atoms with van der Waals surface area (Å²) in [6, 6.07) is 8.01. The van der Waals surface area contributed by atoms with Crippen LogP contribution in [0.25, 0.3) is 0 Å². The van der Waals surface area contributed by atoms with Crippen molar-refractivity contribution in [2.45, 2.75) is 39.7 Å². The fraction of sp³-hybridized carbons (Fsp3) is 0.429. The molecule has 0 bridgehead atoms. The molecule has 0 radical (unpaired) electrons. The van der Waals surface area contributed by atoms with Crippen molar-refractivity contribution in [2.24, 2.45) is 0 Å². The van der Waals surface area contributed by atoms with Crippen LogP contribution in [0.5, 0.6) is 5.75 Å². The highest BCUT2D eigenvalue weighted by Crippen LogP contribution is 2.19. The molecule has 18 heavy (non-hydrogen) atoms. The van der Waals surface area contributed by atoms with E-state index in [1.54, 1.807) is 0 Å². The molecule has 2 aromatic rings. The highest BCUT2D eigenvalue weighted by molar-refractivity contribution is 5.33. The van der Waals surface area contributed by atoms with Crippen LogP contribution in [0.15, 0.2) is 28.8 Å². The molecule has 0 saturated heterocycles. The molecule has 0 amide bonds. The van der Waals surface area contributed by atoms with Gasteiger partial charge in [0.25, 0.3) is 0 Å². The van der Waals surface area contributed by atoms with Crippen LogP contribution in [-0.4, -0.2) is 10.1 Å². The number of benzene rings is 1. The minimum Gasteiger partial charge on any atom is -0.485 e. The summed E-state index contributed by atoms with van der Waals surface area (Å²) < 4.78 is 10.8. The molecular weight excluding hydrogens is 228 g/mol. The minimum atomic E-state index is 0.351. The first-order valence-electron chi connectivity index (χ1n) is 6.35. The molecule has 0 saturated carbocycles. The second-order valence-corrected chi connectivity index (χ2v) is 4.10. The summed E-state index contributed by atoms with van der Waals surface area (Å²) in [7, 11) is 0. The lowest BCUT2D eigenvalue weighted by atomic mass is 10.1. The average molecular weight is 246 g/mol. The van der Waals surface area contributed by atoms with Crippen LogP contribution in [0.1, 0.15) is 37.5 Å². The molecule has 0 atom stereocenters. The summed E-state index contributed by atoms with van der Waals surface area (Å²) in [5.74, 6) is 2.17. The molecule has 0 spiro atoms. The van der Waals surface area contributed by atoms with Gasteiger partial charge in [-0.15, -0.1) is 0 Å². The van der Waals surface area contributed by atoms with Gasteiger partial charge in [-0.05, 0) is 24.5 Å². The highest BCUT2D eigenvalue weighted by atomic mass is 16.5. The number of para-hydroxylation sites is 1. The predicted octanol–water partition coefficient (Wildman–Crippen LogP) is 3.16. The molecule has 0 aliphatic heterocycles. The van der Waals surface area contributed by atoms with E-state index in [0.717, 1.165) is 25.0 Å². The Kier molecular flexibility index (Phi) is 4.34. The number of nitrogens with zero attached hydrogens (tertiary/aromatic N) is 2. The van der Waals surface area contributed by atoms with Gasteiger partial charge in [0.1, 0.15) is 5.75 Å². The predicted molar refractivity (Wildman–Crippen MR) is 68.4 cm³/mol. The third-order valence-electron chi connectivity index (χ3n) is 2.68. The molecule has 0 aliphatic carbocycles. The lowest BCUT2D eigenvalue weighted by Gasteiger charge is -2.07. The Balaban J connectivity index is 1.97. The standard InChI is InChI=1S/C14H18N2O2/c1-3-7-14-15-13(16-18-14)10-17-12-9-6-5-8-11(12)4-2/h5-6,8-9H,3-4,7,10H2,1-2H3. The molecule has 0 aliphatic rings. The zero-order valence-electron chi connectivity index (χ0n) is 10.8. The van der Waals surface area contributed by atoms with Crippen molar-refractivity contribution in [1.82, 2.24) is 10.1 Å². The molecule has 1 aromatic heterocycles. The third-order valence-corrected chi connectivity index (χ3v) is 2.68. The van der Waals surface area contributed by atoms with E-state index in [1.807, 2.05) is 18.2 Å². The minimum absolute atomic E-state index is 0.351. The quantitative estimate of drug-likeness (QED) is 0.785. The fourth-order valence-electron chi connectivity index (χ4n) is 1.74.